The van der Waals surface area contributed by atoms with Gasteiger partial charge in [0.15, 0.2) is 0 Å². The molecule has 5 nitrogen and oxygen atoms in total. The summed E-state index contributed by atoms with van der Waals surface area (Å²) in [6.45, 7) is 4.29. The van der Waals surface area contributed by atoms with Crippen LogP contribution in [0.4, 0.5) is 5.82 Å². The maximum atomic E-state index is 12.1. The van der Waals surface area contributed by atoms with Gasteiger partial charge in [-0.15, -0.1) is 0 Å². The van der Waals surface area contributed by atoms with Crippen LogP contribution in [0.2, 0.25) is 0 Å². The zero-order valence-electron chi connectivity index (χ0n) is 11.6. The summed E-state index contributed by atoms with van der Waals surface area (Å²) in [6, 6.07) is 0.238. The van der Waals surface area contributed by atoms with Crippen LogP contribution in [0.25, 0.3) is 0 Å². The van der Waals surface area contributed by atoms with E-state index in [1.165, 1.54) is 10.9 Å². The topological polar surface area (TPSA) is 72.9 Å². The lowest BCUT2D eigenvalue weighted by Crippen LogP contribution is -2.35. The van der Waals surface area contributed by atoms with Crippen molar-refractivity contribution in [1.82, 2.24) is 15.1 Å². The van der Waals surface area contributed by atoms with E-state index in [9.17, 15) is 4.79 Å². The first-order valence-electron chi connectivity index (χ1n) is 6.68. The van der Waals surface area contributed by atoms with Crippen molar-refractivity contribution < 1.29 is 4.79 Å². The van der Waals surface area contributed by atoms with Gasteiger partial charge in [0.05, 0.1) is 6.20 Å². The summed E-state index contributed by atoms with van der Waals surface area (Å²) in [5.74, 6) is 0.299. The van der Waals surface area contributed by atoms with E-state index in [-0.39, 0.29) is 11.9 Å². The number of aromatic nitrogens is 2. The normalized spacial score (nSPS) is 12.4. The summed E-state index contributed by atoms with van der Waals surface area (Å²) < 4.78 is 1.51. The molecule has 1 rings (SSSR count). The Morgan fingerprint density at radius 3 is 2.67 bits per heavy atom. The van der Waals surface area contributed by atoms with Gasteiger partial charge < -0.3 is 11.1 Å². The number of anilines is 1. The predicted octanol–water partition coefficient (Wildman–Crippen LogP) is 2.09. The molecular weight excluding hydrogens is 228 g/mol. The van der Waals surface area contributed by atoms with Crippen molar-refractivity contribution in [2.24, 2.45) is 7.05 Å². The van der Waals surface area contributed by atoms with Gasteiger partial charge in [0.25, 0.3) is 5.91 Å². The van der Waals surface area contributed by atoms with Crippen LogP contribution in [-0.2, 0) is 7.05 Å². The van der Waals surface area contributed by atoms with E-state index >= 15 is 0 Å². The first-order chi connectivity index (χ1) is 8.60. The van der Waals surface area contributed by atoms with Crippen molar-refractivity contribution in [2.75, 3.05) is 5.73 Å². The van der Waals surface area contributed by atoms with Crippen LogP contribution >= 0.6 is 0 Å². The molecule has 1 atom stereocenters. The largest absolute Gasteiger partial charge is 0.383 e. The molecule has 0 fully saturated rings. The highest BCUT2D eigenvalue weighted by atomic mass is 16.1. The average Bonchev–Trinajstić information content (AvgIpc) is 2.67. The maximum Gasteiger partial charge on any atom is 0.256 e. The summed E-state index contributed by atoms with van der Waals surface area (Å²) in [5, 5.41) is 7.03. The second-order valence-electron chi connectivity index (χ2n) is 4.67. The lowest BCUT2D eigenvalue weighted by Gasteiger charge is -2.17. The van der Waals surface area contributed by atoms with Crippen LogP contribution in [0.3, 0.4) is 0 Å². The fraction of sp³-hybridized carbons (Fsp3) is 0.692. The number of carbonyl (C=O) groups excluding carboxylic acids is 1. The van der Waals surface area contributed by atoms with E-state index in [0.29, 0.717) is 11.4 Å². The first-order valence-corrected chi connectivity index (χ1v) is 6.68. The molecule has 1 aromatic rings. The van der Waals surface area contributed by atoms with Crippen molar-refractivity contribution in [2.45, 2.75) is 52.0 Å². The van der Waals surface area contributed by atoms with Crippen molar-refractivity contribution >= 4 is 11.7 Å². The van der Waals surface area contributed by atoms with Gasteiger partial charge in [-0.05, 0) is 12.8 Å². The Labute approximate surface area is 109 Å². The smallest absolute Gasteiger partial charge is 0.256 e. The maximum absolute atomic E-state index is 12.1. The molecule has 1 unspecified atom stereocenters. The third-order valence-corrected chi connectivity index (χ3v) is 3.11. The highest BCUT2D eigenvalue weighted by Gasteiger charge is 2.17. The number of hydrogen-bond donors (Lipinski definition) is 2. The highest BCUT2D eigenvalue weighted by Crippen LogP contribution is 2.12. The predicted molar refractivity (Wildman–Crippen MR) is 73.3 cm³/mol. The molecule has 5 heteroatoms. The average molecular weight is 252 g/mol. The molecule has 0 aliphatic rings. The van der Waals surface area contributed by atoms with E-state index in [0.717, 1.165) is 32.1 Å². The van der Waals surface area contributed by atoms with Crippen LogP contribution < -0.4 is 11.1 Å². The zero-order chi connectivity index (χ0) is 13.5. The van der Waals surface area contributed by atoms with Gasteiger partial charge in [0.2, 0.25) is 0 Å². The highest BCUT2D eigenvalue weighted by molar-refractivity contribution is 5.98. The molecule has 1 amide bonds. The molecule has 1 heterocycles. The molecule has 0 saturated carbocycles. The Morgan fingerprint density at radius 2 is 2.17 bits per heavy atom. The Morgan fingerprint density at radius 1 is 1.44 bits per heavy atom. The minimum atomic E-state index is -0.116. The van der Waals surface area contributed by atoms with Gasteiger partial charge in [-0.2, -0.15) is 5.10 Å². The summed E-state index contributed by atoms with van der Waals surface area (Å²) in [4.78, 5) is 12.1. The van der Waals surface area contributed by atoms with E-state index in [1.807, 2.05) is 0 Å². The Kier molecular flexibility index (Phi) is 5.68. The number of carbonyl (C=O) groups is 1. The fourth-order valence-electron chi connectivity index (χ4n) is 1.97. The van der Waals surface area contributed by atoms with Crippen LogP contribution in [0, 0.1) is 0 Å². The first kappa shape index (κ1) is 14.5. The van der Waals surface area contributed by atoms with Crippen molar-refractivity contribution in [3.63, 3.8) is 0 Å². The monoisotopic (exact) mass is 252 g/mol. The summed E-state index contributed by atoms with van der Waals surface area (Å²) in [5.41, 5.74) is 6.26. The van der Waals surface area contributed by atoms with E-state index in [4.69, 9.17) is 5.73 Å². The second-order valence-corrected chi connectivity index (χ2v) is 4.67. The Hall–Kier alpha value is -1.52. The van der Waals surface area contributed by atoms with Crippen molar-refractivity contribution in [3.8, 4) is 0 Å². The minimum Gasteiger partial charge on any atom is -0.383 e. The van der Waals surface area contributed by atoms with E-state index < -0.39 is 0 Å². The lowest BCUT2D eigenvalue weighted by molar-refractivity contribution is 0.0933. The van der Waals surface area contributed by atoms with Gasteiger partial charge in [-0.25, -0.2) is 0 Å². The number of amides is 1. The van der Waals surface area contributed by atoms with Crippen LogP contribution in [0.15, 0.2) is 6.20 Å². The van der Waals surface area contributed by atoms with Crippen molar-refractivity contribution in [3.05, 3.63) is 11.8 Å². The number of nitrogens with one attached hydrogen (secondary N) is 1. The molecule has 0 aliphatic heterocycles. The van der Waals surface area contributed by atoms with Crippen molar-refractivity contribution in [1.29, 1.82) is 0 Å². The zero-order valence-corrected chi connectivity index (χ0v) is 11.6. The molecule has 0 saturated heterocycles. The third kappa shape index (κ3) is 3.75. The fourth-order valence-corrected chi connectivity index (χ4v) is 1.97. The molecule has 0 aromatic carbocycles. The molecule has 0 aliphatic carbocycles. The number of hydrogen-bond acceptors (Lipinski definition) is 3. The van der Waals surface area contributed by atoms with Crippen LogP contribution in [-0.4, -0.2) is 21.7 Å². The molecule has 0 spiro atoms. The molecular formula is C13H24N4O. The Balaban J connectivity index is 2.63. The molecule has 3 N–H and O–H groups in total. The number of aryl methyl sites for hydroxylation is 1. The number of nitrogen functional groups attached to an aromatic ring is 1. The van der Waals surface area contributed by atoms with E-state index in [1.54, 1.807) is 7.05 Å². The van der Waals surface area contributed by atoms with Gasteiger partial charge in [-0.3, -0.25) is 9.48 Å². The Bertz CT molecular complexity index is 386. The van der Waals surface area contributed by atoms with Crippen LogP contribution in [0.5, 0.6) is 0 Å². The standard InChI is InChI=1S/C13H24N4O/c1-4-6-8-10(7-5-2)16-13(18)11-9-15-17(3)12(11)14/h9-10H,4-8,14H2,1-3H3,(H,16,18). The van der Waals surface area contributed by atoms with Gasteiger partial charge in [-0.1, -0.05) is 33.1 Å². The molecule has 18 heavy (non-hydrogen) atoms. The summed E-state index contributed by atoms with van der Waals surface area (Å²) >= 11 is 0. The minimum absolute atomic E-state index is 0.116. The van der Waals surface area contributed by atoms with Gasteiger partial charge in [0.1, 0.15) is 11.4 Å². The number of nitrogens with two attached hydrogens (primary N) is 1. The molecule has 1 aromatic heterocycles. The third-order valence-electron chi connectivity index (χ3n) is 3.11. The number of unbranched alkanes of at least 4 members (excludes halogenated alkanes) is 1. The quantitative estimate of drug-likeness (QED) is 0.780. The molecule has 0 bridgehead atoms. The van der Waals surface area contributed by atoms with E-state index in [2.05, 4.69) is 24.3 Å². The second kappa shape index (κ2) is 7.03. The van der Waals surface area contributed by atoms with Crippen LogP contribution in [0.1, 0.15) is 56.3 Å². The molecule has 102 valence electrons. The summed E-state index contributed by atoms with van der Waals surface area (Å²) in [7, 11) is 1.73. The summed E-state index contributed by atoms with van der Waals surface area (Å²) in [6.07, 6.45) is 6.89. The number of rotatable bonds is 7. The van der Waals surface area contributed by atoms with Gasteiger partial charge >= 0.3 is 0 Å². The SMILES string of the molecule is CCCCC(CCC)NC(=O)c1cnn(C)c1N. The number of nitrogens with zero attached hydrogens (tertiary/aromatic N) is 2. The van der Waals surface area contributed by atoms with Gasteiger partial charge in [0, 0.05) is 13.1 Å². The lowest BCUT2D eigenvalue weighted by atomic mass is 10.0. The molecule has 0 radical (unpaired) electrons.